The predicted octanol–water partition coefficient (Wildman–Crippen LogP) is 3.19. The number of benzene rings is 1. The lowest BCUT2D eigenvalue weighted by atomic mass is 10.2. The van der Waals surface area contributed by atoms with Gasteiger partial charge in [-0.2, -0.15) is 0 Å². The van der Waals surface area contributed by atoms with Crippen molar-refractivity contribution in [3.05, 3.63) is 33.3 Å². The highest BCUT2D eigenvalue weighted by Gasteiger charge is 2.13. The van der Waals surface area contributed by atoms with Gasteiger partial charge < -0.3 is 4.90 Å². The highest BCUT2D eigenvalue weighted by atomic mass is 79.9. The molecule has 1 aromatic rings. The lowest BCUT2D eigenvalue weighted by Crippen LogP contribution is -2.26. The summed E-state index contributed by atoms with van der Waals surface area (Å²) in [6, 6.07) is 5.16. The Labute approximate surface area is 97.0 Å². The molecule has 1 amide bonds. The summed E-state index contributed by atoms with van der Waals surface area (Å²) in [6.07, 6.45) is 0. The molecule has 0 heterocycles. The Kier molecular flexibility index (Phi) is 3.96. The molecular formula is C10H11BrClNO. The van der Waals surface area contributed by atoms with Gasteiger partial charge in [-0.3, -0.25) is 4.79 Å². The molecule has 14 heavy (non-hydrogen) atoms. The van der Waals surface area contributed by atoms with E-state index in [1.165, 1.54) is 0 Å². The fourth-order valence-corrected chi connectivity index (χ4v) is 1.86. The van der Waals surface area contributed by atoms with Crippen LogP contribution in [0.15, 0.2) is 22.7 Å². The van der Waals surface area contributed by atoms with E-state index in [0.717, 1.165) is 4.47 Å². The summed E-state index contributed by atoms with van der Waals surface area (Å²) >= 11 is 9.09. The highest BCUT2D eigenvalue weighted by Crippen LogP contribution is 2.22. The number of amides is 1. The predicted molar refractivity (Wildman–Crippen MR) is 61.8 cm³/mol. The standard InChI is InChI=1S/C10H11BrClNO/c1-3-13(2)10(14)8-5-4-7(12)6-9(8)11/h4-6H,3H2,1-2H3. The SMILES string of the molecule is CCN(C)C(=O)c1ccc(Cl)cc1Br. The molecule has 0 atom stereocenters. The Hall–Kier alpha value is -0.540. The molecule has 0 radical (unpaired) electrons. The molecule has 4 heteroatoms. The van der Waals surface area contributed by atoms with Crippen molar-refractivity contribution in [2.45, 2.75) is 6.92 Å². The van der Waals surface area contributed by atoms with Crippen molar-refractivity contribution in [2.24, 2.45) is 0 Å². The van der Waals surface area contributed by atoms with E-state index >= 15 is 0 Å². The van der Waals surface area contributed by atoms with E-state index in [2.05, 4.69) is 15.9 Å². The van der Waals surface area contributed by atoms with Gasteiger partial charge in [0.2, 0.25) is 0 Å². The molecule has 0 fully saturated rings. The monoisotopic (exact) mass is 275 g/mol. The van der Waals surface area contributed by atoms with Gasteiger partial charge in [-0.05, 0) is 41.1 Å². The fourth-order valence-electron chi connectivity index (χ4n) is 1.01. The molecule has 0 saturated heterocycles. The molecule has 0 spiro atoms. The van der Waals surface area contributed by atoms with Crippen molar-refractivity contribution in [3.63, 3.8) is 0 Å². The second-order valence-electron chi connectivity index (χ2n) is 2.94. The van der Waals surface area contributed by atoms with Gasteiger partial charge in [0, 0.05) is 23.1 Å². The van der Waals surface area contributed by atoms with Crippen LogP contribution < -0.4 is 0 Å². The van der Waals surface area contributed by atoms with Crippen molar-refractivity contribution >= 4 is 33.4 Å². The molecule has 0 aliphatic rings. The molecule has 0 N–H and O–H groups in total. The number of halogens is 2. The quantitative estimate of drug-likeness (QED) is 0.812. The van der Waals surface area contributed by atoms with Crippen LogP contribution in [0.5, 0.6) is 0 Å². The highest BCUT2D eigenvalue weighted by molar-refractivity contribution is 9.10. The Bertz CT molecular complexity index is 354. The summed E-state index contributed by atoms with van der Waals surface area (Å²) in [6.45, 7) is 2.62. The molecule has 0 bridgehead atoms. The Balaban J connectivity index is 3.02. The first kappa shape index (κ1) is 11.5. The van der Waals surface area contributed by atoms with Crippen LogP contribution in [0.25, 0.3) is 0 Å². The van der Waals surface area contributed by atoms with Crippen molar-refractivity contribution in [2.75, 3.05) is 13.6 Å². The zero-order valence-electron chi connectivity index (χ0n) is 8.05. The molecule has 2 nitrogen and oxygen atoms in total. The third kappa shape index (κ3) is 2.49. The number of hydrogen-bond acceptors (Lipinski definition) is 1. The smallest absolute Gasteiger partial charge is 0.254 e. The molecule has 76 valence electrons. The lowest BCUT2D eigenvalue weighted by molar-refractivity contribution is 0.0801. The molecule has 0 saturated carbocycles. The van der Waals surface area contributed by atoms with Crippen LogP contribution in [0.1, 0.15) is 17.3 Å². The van der Waals surface area contributed by atoms with Crippen LogP contribution in [0.4, 0.5) is 0 Å². The third-order valence-corrected chi connectivity index (χ3v) is 2.87. The lowest BCUT2D eigenvalue weighted by Gasteiger charge is -2.15. The average Bonchev–Trinajstić information content (AvgIpc) is 2.15. The van der Waals surface area contributed by atoms with Gasteiger partial charge in [0.15, 0.2) is 0 Å². The van der Waals surface area contributed by atoms with E-state index in [4.69, 9.17) is 11.6 Å². The molecule has 0 aliphatic carbocycles. The van der Waals surface area contributed by atoms with Crippen LogP contribution >= 0.6 is 27.5 Å². The second kappa shape index (κ2) is 4.80. The summed E-state index contributed by atoms with van der Waals surface area (Å²) in [7, 11) is 1.77. The van der Waals surface area contributed by atoms with E-state index < -0.39 is 0 Å². The van der Waals surface area contributed by atoms with Gasteiger partial charge in [-0.15, -0.1) is 0 Å². The minimum atomic E-state index is -0.00367. The minimum absolute atomic E-state index is 0.00367. The van der Waals surface area contributed by atoms with Gasteiger partial charge in [0.05, 0.1) is 5.56 Å². The Morgan fingerprint density at radius 1 is 1.57 bits per heavy atom. The van der Waals surface area contributed by atoms with E-state index in [9.17, 15) is 4.79 Å². The summed E-state index contributed by atoms with van der Waals surface area (Å²) in [5.41, 5.74) is 0.638. The zero-order valence-corrected chi connectivity index (χ0v) is 10.4. The Morgan fingerprint density at radius 2 is 2.21 bits per heavy atom. The molecule has 0 aromatic heterocycles. The number of carbonyl (C=O) groups is 1. The summed E-state index contributed by atoms with van der Waals surface area (Å²) in [5.74, 6) is -0.00367. The molecule has 0 aliphatic heterocycles. The van der Waals surface area contributed by atoms with E-state index in [1.54, 1.807) is 30.1 Å². The van der Waals surface area contributed by atoms with Crippen LogP contribution in [-0.2, 0) is 0 Å². The maximum absolute atomic E-state index is 11.8. The summed E-state index contributed by atoms with van der Waals surface area (Å²) in [5, 5.41) is 0.618. The van der Waals surface area contributed by atoms with Crippen molar-refractivity contribution in [3.8, 4) is 0 Å². The first-order valence-electron chi connectivity index (χ1n) is 4.26. The number of rotatable bonds is 2. The van der Waals surface area contributed by atoms with Gasteiger partial charge in [0.1, 0.15) is 0 Å². The van der Waals surface area contributed by atoms with Crippen LogP contribution in [0, 0.1) is 0 Å². The molecule has 1 aromatic carbocycles. The fraction of sp³-hybridized carbons (Fsp3) is 0.300. The van der Waals surface area contributed by atoms with Crippen LogP contribution in [-0.4, -0.2) is 24.4 Å². The number of nitrogens with zero attached hydrogens (tertiary/aromatic N) is 1. The van der Waals surface area contributed by atoms with E-state index in [0.29, 0.717) is 17.1 Å². The van der Waals surface area contributed by atoms with Gasteiger partial charge in [-0.1, -0.05) is 11.6 Å². The zero-order chi connectivity index (χ0) is 10.7. The first-order valence-corrected chi connectivity index (χ1v) is 5.44. The maximum atomic E-state index is 11.8. The van der Waals surface area contributed by atoms with E-state index in [1.807, 2.05) is 6.92 Å². The van der Waals surface area contributed by atoms with Crippen molar-refractivity contribution in [1.29, 1.82) is 0 Å². The molecule has 0 unspecified atom stereocenters. The van der Waals surface area contributed by atoms with E-state index in [-0.39, 0.29) is 5.91 Å². The van der Waals surface area contributed by atoms with Crippen molar-refractivity contribution < 1.29 is 4.79 Å². The minimum Gasteiger partial charge on any atom is -0.342 e. The molecular weight excluding hydrogens is 265 g/mol. The normalized spacial score (nSPS) is 10.0. The topological polar surface area (TPSA) is 20.3 Å². The largest absolute Gasteiger partial charge is 0.342 e. The first-order chi connectivity index (χ1) is 6.56. The van der Waals surface area contributed by atoms with Gasteiger partial charge in [-0.25, -0.2) is 0 Å². The Morgan fingerprint density at radius 3 is 2.71 bits per heavy atom. The number of carbonyl (C=O) groups excluding carboxylic acids is 1. The average molecular weight is 277 g/mol. The van der Waals surface area contributed by atoms with Gasteiger partial charge >= 0.3 is 0 Å². The van der Waals surface area contributed by atoms with Gasteiger partial charge in [0.25, 0.3) is 5.91 Å². The number of hydrogen-bond donors (Lipinski definition) is 0. The van der Waals surface area contributed by atoms with Crippen LogP contribution in [0.3, 0.4) is 0 Å². The second-order valence-corrected chi connectivity index (χ2v) is 4.23. The van der Waals surface area contributed by atoms with Crippen molar-refractivity contribution in [1.82, 2.24) is 4.90 Å². The maximum Gasteiger partial charge on any atom is 0.254 e. The van der Waals surface area contributed by atoms with Crippen LogP contribution in [0.2, 0.25) is 5.02 Å². The third-order valence-electron chi connectivity index (χ3n) is 1.98. The summed E-state index contributed by atoms with van der Waals surface area (Å²) in [4.78, 5) is 13.4. The summed E-state index contributed by atoms with van der Waals surface area (Å²) < 4.78 is 0.732. The molecule has 1 rings (SSSR count).